The molecule has 1 saturated carbocycles. The monoisotopic (exact) mass is 256 g/mol. The normalized spacial score (nSPS) is 15.8. The summed E-state index contributed by atoms with van der Waals surface area (Å²) >= 11 is 0. The van der Waals surface area contributed by atoms with Crippen LogP contribution in [0.2, 0.25) is 0 Å². The van der Waals surface area contributed by atoms with E-state index in [4.69, 9.17) is 5.26 Å². The minimum absolute atomic E-state index is 0.0962. The average Bonchev–Trinajstić information content (AvgIpc) is 2.49. The molecular formula is C16H20N2O. The molecular weight excluding hydrogens is 236 g/mol. The molecule has 1 aliphatic rings. The number of benzene rings is 1. The Labute approximate surface area is 114 Å². The lowest BCUT2D eigenvalue weighted by atomic mass is 9.93. The van der Waals surface area contributed by atoms with Crippen molar-refractivity contribution in [3.8, 4) is 6.07 Å². The first-order valence-corrected chi connectivity index (χ1v) is 7.07. The second-order valence-corrected chi connectivity index (χ2v) is 5.07. The fourth-order valence-electron chi connectivity index (χ4n) is 2.81. The van der Waals surface area contributed by atoms with Crippen LogP contribution < -0.4 is 0 Å². The maximum absolute atomic E-state index is 12.5. The highest BCUT2D eigenvalue weighted by molar-refractivity contribution is 5.94. The average molecular weight is 256 g/mol. The van der Waals surface area contributed by atoms with E-state index in [2.05, 4.69) is 6.07 Å². The zero-order valence-electron chi connectivity index (χ0n) is 11.4. The molecule has 1 aromatic carbocycles. The number of carbonyl (C=O) groups is 1. The van der Waals surface area contributed by atoms with Gasteiger partial charge in [0.15, 0.2) is 0 Å². The molecule has 0 radical (unpaired) electrons. The van der Waals surface area contributed by atoms with Crippen LogP contribution in [0.1, 0.15) is 54.9 Å². The molecule has 19 heavy (non-hydrogen) atoms. The Hall–Kier alpha value is -1.82. The first kappa shape index (κ1) is 13.6. The molecule has 1 fully saturated rings. The molecule has 3 nitrogen and oxygen atoms in total. The van der Waals surface area contributed by atoms with Gasteiger partial charge in [-0.2, -0.15) is 5.26 Å². The van der Waals surface area contributed by atoms with Gasteiger partial charge in [0.25, 0.3) is 5.91 Å². The predicted molar refractivity (Wildman–Crippen MR) is 74.7 cm³/mol. The van der Waals surface area contributed by atoms with Crippen molar-refractivity contribution in [2.75, 3.05) is 6.54 Å². The number of hydrogen-bond acceptors (Lipinski definition) is 2. The summed E-state index contributed by atoms with van der Waals surface area (Å²) in [5, 5.41) is 8.78. The lowest BCUT2D eigenvalue weighted by molar-refractivity contribution is 0.0648. The first-order chi connectivity index (χ1) is 9.26. The van der Waals surface area contributed by atoms with Gasteiger partial charge in [0, 0.05) is 18.2 Å². The summed E-state index contributed by atoms with van der Waals surface area (Å²) in [7, 11) is 0. The second kappa shape index (κ2) is 6.38. The van der Waals surface area contributed by atoms with E-state index >= 15 is 0 Å². The highest BCUT2D eigenvalue weighted by Crippen LogP contribution is 2.23. The molecule has 0 aliphatic heterocycles. The quantitative estimate of drug-likeness (QED) is 0.832. The Morgan fingerprint density at radius 1 is 1.26 bits per heavy atom. The van der Waals surface area contributed by atoms with Gasteiger partial charge in [-0.15, -0.1) is 0 Å². The predicted octanol–water partition coefficient (Wildman–Crippen LogP) is 3.35. The fraction of sp³-hybridized carbons (Fsp3) is 0.500. The Kier molecular flexibility index (Phi) is 4.57. The van der Waals surface area contributed by atoms with Gasteiger partial charge >= 0.3 is 0 Å². The minimum Gasteiger partial charge on any atom is -0.336 e. The highest BCUT2D eigenvalue weighted by Gasteiger charge is 2.24. The number of rotatable bonds is 3. The summed E-state index contributed by atoms with van der Waals surface area (Å²) in [5.74, 6) is 0.0962. The van der Waals surface area contributed by atoms with Crippen molar-refractivity contribution in [3.05, 3.63) is 35.4 Å². The zero-order valence-corrected chi connectivity index (χ0v) is 11.4. The maximum atomic E-state index is 12.5. The van der Waals surface area contributed by atoms with Crippen LogP contribution in [-0.2, 0) is 0 Å². The van der Waals surface area contributed by atoms with Crippen LogP contribution in [0.4, 0.5) is 0 Å². The van der Waals surface area contributed by atoms with Crippen LogP contribution in [0, 0.1) is 11.3 Å². The topological polar surface area (TPSA) is 44.1 Å². The molecule has 0 saturated heterocycles. The van der Waals surface area contributed by atoms with Crippen LogP contribution in [-0.4, -0.2) is 23.4 Å². The van der Waals surface area contributed by atoms with Gasteiger partial charge in [0.2, 0.25) is 0 Å². The van der Waals surface area contributed by atoms with E-state index in [1.807, 2.05) is 11.8 Å². The molecule has 0 atom stereocenters. The van der Waals surface area contributed by atoms with Crippen LogP contribution in [0.3, 0.4) is 0 Å². The lowest BCUT2D eigenvalue weighted by Crippen LogP contribution is -2.41. The standard InChI is InChI=1S/C16H20N2O/c1-2-18(15-6-4-3-5-7-15)16(19)14-10-8-13(12-17)9-11-14/h8-11,15H,2-7H2,1H3. The van der Waals surface area contributed by atoms with Gasteiger partial charge in [-0.1, -0.05) is 19.3 Å². The van der Waals surface area contributed by atoms with Gasteiger partial charge in [-0.3, -0.25) is 4.79 Å². The van der Waals surface area contributed by atoms with Gasteiger partial charge in [0.05, 0.1) is 11.6 Å². The maximum Gasteiger partial charge on any atom is 0.254 e. The first-order valence-electron chi connectivity index (χ1n) is 7.07. The van der Waals surface area contributed by atoms with E-state index in [-0.39, 0.29) is 5.91 Å². The van der Waals surface area contributed by atoms with Crippen molar-refractivity contribution >= 4 is 5.91 Å². The van der Waals surface area contributed by atoms with Crippen molar-refractivity contribution < 1.29 is 4.79 Å². The Balaban J connectivity index is 2.12. The molecule has 3 heteroatoms. The molecule has 1 aromatic rings. The third kappa shape index (κ3) is 3.14. The summed E-state index contributed by atoms with van der Waals surface area (Å²) in [6.07, 6.45) is 5.98. The molecule has 100 valence electrons. The van der Waals surface area contributed by atoms with Crippen LogP contribution in [0.25, 0.3) is 0 Å². The van der Waals surface area contributed by atoms with Crippen LogP contribution >= 0.6 is 0 Å². The molecule has 0 N–H and O–H groups in total. The van der Waals surface area contributed by atoms with Crippen LogP contribution in [0.15, 0.2) is 24.3 Å². The molecule has 1 aliphatic carbocycles. The highest BCUT2D eigenvalue weighted by atomic mass is 16.2. The SMILES string of the molecule is CCN(C(=O)c1ccc(C#N)cc1)C1CCCCC1. The van der Waals surface area contributed by atoms with Gasteiger partial charge in [0.1, 0.15) is 0 Å². The van der Waals surface area contributed by atoms with E-state index in [1.54, 1.807) is 24.3 Å². The number of amides is 1. The minimum atomic E-state index is 0.0962. The van der Waals surface area contributed by atoms with E-state index < -0.39 is 0 Å². The number of hydrogen-bond donors (Lipinski definition) is 0. The van der Waals surface area contributed by atoms with E-state index in [1.165, 1.54) is 19.3 Å². The van der Waals surface area contributed by atoms with Crippen molar-refractivity contribution in [2.24, 2.45) is 0 Å². The number of nitriles is 1. The van der Waals surface area contributed by atoms with E-state index in [0.717, 1.165) is 19.4 Å². The van der Waals surface area contributed by atoms with Crippen LogP contribution in [0.5, 0.6) is 0 Å². The Morgan fingerprint density at radius 2 is 1.89 bits per heavy atom. The fourth-order valence-corrected chi connectivity index (χ4v) is 2.81. The molecule has 2 rings (SSSR count). The summed E-state index contributed by atoms with van der Waals surface area (Å²) in [6.45, 7) is 2.79. The van der Waals surface area contributed by atoms with Crippen molar-refractivity contribution in [3.63, 3.8) is 0 Å². The summed E-state index contributed by atoms with van der Waals surface area (Å²) in [6, 6.07) is 9.40. The largest absolute Gasteiger partial charge is 0.336 e. The van der Waals surface area contributed by atoms with Crippen molar-refractivity contribution in [2.45, 2.75) is 45.1 Å². The second-order valence-electron chi connectivity index (χ2n) is 5.07. The van der Waals surface area contributed by atoms with Crippen molar-refractivity contribution in [1.82, 2.24) is 4.90 Å². The van der Waals surface area contributed by atoms with E-state index in [0.29, 0.717) is 17.2 Å². The smallest absolute Gasteiger partial charge is 0.254 e. The summed E-state index contributed by atoms with van der Waals surface area (Å²) in [5.41, 5.74) is 1.28. The third-order valence-corrected chi connectivity index (χ3v) is 3.88. The number of nitrogens with zero attached hydrogens (tertiary/aromatic N) is 2. The zero-order chi connectivity index (χ0) is 13.7. The van der Waals surface area contributed by atoms with Gasteiger partial charge < -0.3 is 4.90 Å². The third-order valence-electron chi connectivity index (χ3n) is 3.88. The molecule has 0 heterocycles. The number of carbonyl (C=O) groups excluding carboxylic acids is 1. The Morgan fingerprint density at radius 3 is 2.42 bits per heavy atom. The Bertz CT molecular complexity index is 467. The molecule has 0 spiro atoms. The lowest BCUT2D eigenvalue weighted by Gasteiger charge is -2.33. The summed E-state index contributed by atoms with van der Waals surface area (Å²) < 4.78 is 0. The van der Waals surface area contributed by atoms with Crippen molar-refractivity contribution in [1.29, 1.82) is 5.26 Å². The molecule has 0 bridgehead atoms. The molecule has 0 aromatic heterocycles. The van der Waals surface area contributed by atoms with E-state index in [9.17, 15) is 4.79 Å². The molecule has 1 amide bonds. The van der Waals surface area contributed by atoms with Gasteiger partial charge in [-0.05, 0) is 44.0 Å². The molecule has 0 unspecified atom stereocenters. The van der Waals surface area contributed by atoms with Gasteiger partial charge in [-0.25, -0.2) is 0 Å². The summed E-state index contributed by atoms with van der Waals surface area (Å²) in [4.78, 5) is 14.5.